The number of hydrogen-bond acceptors (Lipinski definition) is 3. The average molecular weight is 289 g/mol. The molecule has 1 aromatic heterocycles. The molecule has 21 heavy (non-hydrogen) atoms. The van der Waals surface area contributed by atoms with Crippen molar-refractivity contribution >= 4 is 17.0 Å². The van der Waals surface area contributed by atoms with Crippen LogP contribution in [0.5, 0.6) is 0 Å². The zero-order chi connectivity index (χ0) is 15.0. The van der Waals surface area contributed by atoms with Gasteiger partial charge >= 0.3 is 11.7 Å². The number of benzene rings is 1. The molecule has 3 rings (SSSR count). The molecule has 0 radical (unpaired) electrons. The smallest absolute Gasteiger partial charge is 0.337 e. The minimum atomic E-state index is -1.01. The first-order valence-corrected chi connectivity index (χ1v) is 7.27. The summed E-state index contributed by atoms with van der Waals surface area (Å²) in [5.74, 6) is -1.01. The Morgan fingerprint density at radius 3 is 2.76 bits per heavy atom. The van der Waals surface area contributed by atoms with Crippen LogP contribution < -0.4 is 5.69 Å². The number of carboxylic acid groups (broad SMARTS) is 1. The predicted octanol–water partition coefficient (Wildman–Crippen LogP) is 1.68. The molecular formula is C15H19N3O3. The minimum Gasteiger partial charge on any atom is -0.478 e. The topological polar surface area (TPSA) is 78.3 Å². The second-order valence-electron chi connectivity index (χ2n) is 5.66. The first kappa shape index (κ1) is 13.9. The van der Waals surface area contributed by atoms with Gasteiger partial charge < -0.3 is 15.0 Å². The molecule has 6 heteroatoms. The Labute approximate surface area is 122 Å². The van der Waals surface area contributed by atoms with Crippen LogP contribution in [0.4, 0.5) is 0 Å². The van der Waals surface area contributed by atoms with Crippen molar-refractivity contribution in [2.75, 3.05) is 19.6 Å². The molecule has 1 fully saturated rings. The number of carbonyl (C=O) groups is 1. The quantitative estimate of drug-likeness (QED) is 0.897. The van der Waals surface area contributed by atoms with Gasteiger partial charge in [-0.2, -0.15) is 0 Å². The molecule has 112 valence electrons. The van der Waals surface area contributed by atoms with Crippen LogP contribution in [0.15, 0.2) is 23.0 Å². The molecule has 0 spiro atoms. The molecule has 1 aromatic carbocycles. The van der Waals surface area contributed by atoms with Gasteiger partial charge in [0, 0.05) is 12.6 Å². The number of imidazole rings is 1. The summed E-state index contributed by atoms with van der Waals surface area (Å²) in [6.07, 6.45) is 2.38. The van der Waals surface area contributed by atoms with Crippen molar-refractivity contribution in [3.05, 3.63) is 34.2 Å². The fourth-order valence-electron chi connectivity index (χ4n) is 3.19. The van der Waals surface area contributed by atoms with E-state index >= 15 is 0 Å². The summed E-state index contributed by atoms with van der Waals surface area (Å²) in [5.41, 5.74) is 0.986. The molecule has 6 nitrogen and oxygen atoms in total. The molecule has 2 N–H and O–H groups in total. The second kappa shape index (κ2) is 5.37. The number of carboxylic acids is 1. The summed E-state index contributed by atoms with van der Waals surface area (Å²) in [6, 6.07) is 4.86. The van der Waals surface area contributed by atoms with Gasteiger partial charge in [-0.25, -0.2) is 9.59 Å². The van der Waals surface area contributed by atoms with Gasteiger partial charge in [0.25, 0.3) is 0 Å². The van der Waals surface area contributed by atoms with Crippen LogP contribution >= 0.6 is 0 Å². The van der Waals surface area contributed by atoms with Crippen molar-refractivity contribution in [2.24, 2.45) is 0 Å². The summed E-state index contributed by atoms with van der Waals surface area (Å²) in [6.45, 7) is 4.83. The van der Waals surface area contributed by atoms with Gasteiger partial charge in [0.05, 0.1) is 16.6 Å². The van der Waals surface area contributed by atoms with E-state index in [1.165, 1.54) is 18.9 Å². The highest BCUT2D eigenvalue weighted by atomic mass is 16.4. The number of rotatable bonds is 4. The lowest BCUT2D eigenvalue weighted by Gasteiger charge is -2.21. The highest BCUT2D eigenvalue weighted by molar-refractivity contribution is 6.01. The fourth-order valence-corrected chi connectivity index (χ4v) is 3.19. The number of aromatic carboxylic acids is 1. The minimum absolute atomic E-state index is 0.0650. The van der Waals surface area contributed by atoms with E-state index in [2.05, 4.69) is 9.88 Å². The van der Waals surface area contributed by atoms with Crippen LogP contribution in [-0.2, 0) is 0 Å². The number of H-pyrrole nitrogens is 1. The normalized spacial score (nSPS) is 17.4. The number of aromatic nitrogens is 2. The molecule has 2 aromatic rings. The Hall–Kier alpha value is -2.08. The molecule has 1 saturated heterocycles. The van der Waals surface area contributed by atoms with Gasteiger partial charge in [0.1, 0.15) is 0 Å². The number of para-hydroxylation sites is 1. The maximum atomic E-state index is 12.2. The van der Waals surface area contributed by atoms with Gasteiger partial charge in [-0.05, 0) is 45.0 Å². The van der Waals surface area contributed by atoms with E-state index in [0.717, 1.165) is 19.6 Å². The third-order valence-electron chi connectivity index (χ3n) is 4.13. The fraction of sp³-hybridized carbons (Fsp3) is 0.467. The monoisotopic (exact) mass is 289 g/mol. The van der Waals surface area contributed by atoms with E-state index < -0.39 is 5.97 Å². The molecule has 0 aliphatic carbocycles. The van der Waals surface area contributed by atoms with Gasteiger partial charge in [0.2, 0.25) is 0 Å². The Morgan fingerprint density at radius 2 is 2.10 bits per heavy atom. The van der Waals surface area contributed by atoms with Gasteiger partial charge in [-0.3, -0.25) is 4.57 Å². The summed E-state index contributed by atoms with van der Waals surface area (Å²) >= 11 is 0. The molecule has 1 aliphatic heterocycles. The van der Waals surface area contributed by atoms with E-state index in [9.17, 15) is 14.7 Å². The summed E-state index contributed by atoms with van der Waals surface area (Å²) in [4.78, 5) is 28.7. The van der Waals surface area contributed by atoms with E-state index in [0.29, 0.717) is 11.0 Å². The van der Waals surface area contributed by atoms with E-state index in [4.69, 9.17) is 0 Å². The van der Waals surface area contributed by atoms with Crippen molar-refractivity contribution < 1.29 is 9.90 Å². The lowest BCUT2D eigenvalue weighted by atomic mass is 10.1. The van der Waals surface area contributed by atoms with Gasteiger partial charge in [-0.15, -0.1) is 0 Å². The number of nitrogens with one attached hydrogen (secondary N) is 1. The largest absolute Gasteiger partial charge is 0.478 e. The van der Waals surface area contributed by atoms with E-state index in [1.807, 2.05) is 6.92 Å². The maximum absolute atomic E-state index is 12.2. The molecule has 1 atom stereocenters. The van der Waals surface area contributed by atoms with Crippen LogP contribution in [0, 0.1) is 0 Å². The van der Waals surface area contributed by atoms with Crippen molar-refractivity contribution in [1.82, 2.24) is 14.5 Å². The highest BCUT2D eigenvalue weighted by Gasteiger charge is 2.21. The van der Waals surface area contributed by atoms with Crippen LogP contribution in [0.2, 0.25) is 0 Å². The highest BCUT2D eigenvalue weighted by Crippen LogP contribution is 2.21. The number of hydrogen-bond donors (Lipinski definition) is 2. The molecule has 0 amide bonds. The number of aromatic amines is 1. The molecular weight excluding hydrogens is 270 g/mol. The maximum Gasteiger partial charge on any atom is 0.337 e. The number of nitrogens with zero attached hydrogens (tertiary/aromatic N) is 2. The lowest BCUT2D eigenvalue weighted by Crippen LogP contribution is -2.31. The van der Waals surface area contributed by atoms with Crippen LogP contribution in [0.25, 0.3) is 11.0 Å². The Kier molecular flexibility index (Phi) is 3.55. The van der Waals surface area contributed by atoms with Crippen LogP contribution in [-0.4, -0.2) is 45.2 Å². The zero-order valence-corrected chi connectivity index (χ0v) is 12.0. The number of fused-ring (bicyclic) bond motifs is 1. The Balaban J connectivity index is 2.06. The first-order chi connectivity index (χ1) is 10.1. The standard InChI is InChI=1S/C15H19N3O3/c1-10(9-17-7-2-3-8-17)18-13-11(14(19)20)5-4-6-12(13)16-15(18)21/h4-6,10H,2-3,7-9H2,1H3,(H,16,21)(H,19,20). The van der Waals surface area contributed by atoms with Crippen LogP contribution in [0.3, 0.4) is 0 Å². The van der Waals surface area contributed by atoms with Crippen LogP contribution in [0.1, 0.15) is 36.2 Å². The Morgan fingerprint density at radius 1 is 1.38 bits per heavy atom. The summed E-state index contributed by atoms with van der Waals surface area (Å²) in [5, 5.41) is 9.34. The number of likely N-dealkylation sites (tertiary alicyclic amines) is 1. The average Bonchev–Trinajstić information content (AvgIpc) is 3.03. The van der Waals surface area contributed by atoms with Gasteiger partial charge in [-0.1, -0.05) is 6.07 Å². The van der Waals surface area contributed by atoms with E-state index in [1.54, 1.807) is 16.7 Å². The summed E-state index contributed by atoms with van der Waals surface area (Å²) < 4.78 is 1.58. The third kappa shape index (κ3) is 2.47. The molecule has 0 bridgehead atoms. The Bertz CT molecular complexity index is 725. The van der Waals surface area contributed by atoms with Gasteiger partial charge in [0.15, 0.2) is 0 Å². The van der Waals surface area contributed by atoms with Crippen molar-refractivity contribution in [2.45, 2.75) is 25.8 Å². The SMILES string of the molecule is CC(CN1CCCC1)n1c(=O)[nH]c2cccc(C(=O)O)c21. The molecule has 1 unspecified atom stereocenters. The van der Waals surface area contributed by atoms with Crippen molar-refractivity contribution in [3.8, 4) is 0 Å². The second-order valence-corrected chi connectivity index (χ2v) is 5.66. The molecule has 0 saturated carbocycles. The lowest BCUT2D eigenvalue weighted by molar-refractivity contribution is 0.0698. The molecule has 2 heterocycles. The van der Waals surface area contributed by atoms with Crippen molar-refractivity contribution in [1.29, 1.82) is 0 Å². The third-order valence-corrected chi connectivity index (χ3v) is 4.13. The van der Waals surface area contributed by atoms with Crippen molar-refractivity contribution in [3.63, 3.8) is 0 Å². The summed E-state index contributed by atoms with van der Waals surface area (Å²) in [7, 11) is 0. The first-order valence-electron chi connectivity index (χ1n) is 7.27. The van der Waals surface area contributed by atoms with E-state index in [-0.39, 0.29) is 17.3 Å². The molecule has 1 aliphatic rings. The predicted molar refractivity (Wildman–Crippen MR) is 79.9 cm³/mol. The zero-order valence-electron chi connectivity index (χ0n) is 12.0.